The maximum atomic E-state index is 12.2. The lowest BCUT2D eigenvalue weighted by molar-refractivity contribution is -0.143. The Labute approximate surface area is 119 Å². The first-order valence-electron chi connectivity index (χ1n) is 7.39. The predicted molar refractivity (Wildman–Crippen MR) is 73.4 cm³/mol. The summed E-state index contributed by atoms with van der Waals surface area (Å²) in [6.07, 6.45) is 1.91. The van der Waals surface area contributed by atoms with Gasteiger partial charge in [0.2, 0.25) is 5.91 Å². The number of ether oxygens (including phenoxy) is 1. The molecule has 2 rings (SSSR count). The summed E-state index contributed by atoms with van der Waals surface area (Å²) in [5.41, 5.74) is 0. The highest BCUT2D eigenvalue weighted by atomic mass is 16.5. The van der Waals surface area contributed by atoms with Gasteiger partial charge < -0.3 is 14.7 Å². The second kappa shape index (κ2) is 7.04. The quantitative estimate of drug-likeness (QED) is 0.727. The number of hydrogen-bond acceptors (Lipinski definition) is 4. The van der Waals surface area contributed by atoms with Crippen LogP contribution in [0.5, 0.6) is 0 Å². The van der Waals surface area contributed by atoms with E-state index in [2.05, 4.69) is 4.90 Å². The van der Waals surface area contributed by atoms with Gasteiger partial charge in [-0.3, -0.25) is 14.5 Å². The number of hydrogen-bond donors (Lipinski definition) is 1. The third-order valence-corrected chi connectivity index (χ3v) is 3.94. The summed E-state index contributed by atoms with van der Waals surface area (Å²) < 4.78 is 5.30. The van der Waals surface area contributed by atoms with Gasteiger partial charge in [-0.25, -0.2) is 0 Å². The molecule has 1 atom stereocenters. The maximum Gasteiger partial charge on any atom is 0.308 e. The zero-order valence-corrected chi connectivity index (χ0v) is 12.1. The Morgan fingerprint density at radius 2 is 2.00 bits per heavy atom. The van der Waals surface area contributed by atoms with Gasteiger partial charge in [0.1, 0.15) is 0 Å². The Morgan fingerprint density at radius 1 is 1.35 bits per heavy atom. The molecule has 0 aromatic heterocycles. The summed E-state index contributed by atoms with van der Waals surface area (Å²) in [7, 11) is 0. The molecule has 6 nitrogen and oxygen atoms in total. The molecule has 2 fully saturated rings. The SMILES string of the molecule is CC(CN(CCN1CCOCC1)C(=O)C1CC1)C(=O)O. The highest BCUT2D eigenvalue weighted by Crippen LogP contribution is 2.31. The average molecular weight is 284 g/mol. The van der Waals surface area contributed by atoms with E-state index in [0.717, 1.165) is 45.7 Å². The van der Waals surface area contributed by atoms with Crippen LogP contribution in [-0.2, 0) is 14.3 Å². The van der Waals surface area contributed by atoms with Crippen LogP contribution < -0.4 is 0 Å². The van der Waals surface area contributed by atoms with Gasteiger partial charge in [-0.15, -0.1) is 0 Å². The van der Waals surface area contributed by atoms with E-state index in [1.165, 1.54) is 0 Å². The van der Waals surface area contributed by atoms with Crippen LogP contribution in [0.4, 0.5) is 0 Å². The first-order valence-corrected chi connectivity index (χ1v) is 7.39. The molecule has 1 N–H and O–H groups in total. The molecule has 6 heteroatoms. The first kappa shape index (κ1) is 15.3. The molecule has 0 aromatic rings. The molecule has 0 bridgehead atoms. The maximum absolute atomic E-state index is 12.2. The molecule has 1 saturated heterocycles. The molecule has 0 radical (unpaired) electrons. The first-order chi connectivity index (χ1) is 9.58. The van der Waals surface area contributed by atoms with Crippen LogP contribution in [0.3, 0.4) is 0 Å². The molecule has 0 spiro atoms. The van der Waals surface area contributed by atoms with E-state index < -0.39 is 11.9 Å². The minimum absolute atomic E-state index is 0.131. The lowest BCUT2D eigenvalue weighted by Crippen LogP contribution is -2.45. The Bertz CT molecular complexity index is 351. The predicted octanol–water partition coefficient (Wildman–Crippen LogP) is 0.278. The number of carbonyl (C=O) groups excluding carboxylic acids is 1. The smallest absolute Gasteiger partial charge is 0.308 e. The van der Waals surface area contributed by atoms with E-state index in [-0.39, 0.29) is 11.8 Å². The van der Waals surface area contributed by atoms with Crippen molar-refractivity contribution >= 4 is 11.9 Å². The average Bonchev–Trinajstić information content (AvgIpc) is 3.28. The Morgan fingerprint density at radius 3 is 2.55 bits per heavy atom. The van der Waals surface area contributed by atoms with Gasteiger partial charge >= 0.3 is 5.97 Å². The molecule has 1 amide bonds. The van der Waals surface area contributed by atoms with Gasteiger partial charge in [-0.1, -0.05) is 6.92 Å². The van der Waals surface area contributed by atoms with Crippen molar-refractivity contribution < 1.29 is 19.4 Å². The monoisotopic (exact) mass is 284 g/mol. The highest BCUT2D eigenvalue weighted by Gasteiger charge is 2.34. The molecule has 2 aliphatic rings. The van der Waals surface area contributed by atoms with Gasteiger partial charge in [0.15, 0.2) is 0 Å². The van der Waals surface area contributed by atoms with Crippen molar-refractivity contribution in [3.63, 3.8) is 0 Å². The summed E-state index contributed by atoms with van der Waals surface area (Å²) >= 11 is 0. The van der Waals surface area contributed by atoms with Crippen molar-refractivity contribution in [1.82, 2.24) is 9.80 Å². The molecule has 1 aliphatic carbocycles. The summed E-state index contributed by atoms with van der Waals surface area (Å²) in [6.45, 7) is 6.64. The summed E-state index contributed by atoms with van der Waals surface area (Å²) in [4.78, 5) is 27.2. The van der Waals surface area contributed by atoms with Crippen LogP contribution in [0.15, 0.2) is 0 Å². The van der Waals surface area contributed by atoms with Gasteiger partial charge in [0, 0.05) is 38.6 Å². The minimum atomic E-state index is -0.843. The molecule has 20 heavy (non-hydrogen) atoms. The van der Waals surface area contributed by atoms with E-state index in [1.807, 2.05) is 0 Å². The van der Waals surface area contributed by atoms with Crippen molar-refractivity contribution in [3.8, 4) is 0 Å². The Kier molecular flexibility index (Phi) is 5.37. The molecule has 1 saturated carbocycles. The van der Waals surface area contributed by atoms with Gasteiger partial charge in [0.05, 0.1) is 19.1 Å². The number of amides is 1. The number of carboxylic acid groups (broad SMARTS) is 1. The number of carbonyl (C=O) groups is 2. The lowest BCUT2D eigenvalue weighted by atomic mass is 10.1. The lowest BCUT2D eigenvalue weighted by Gasteiger charge is -2.31. The fourth-order valence-corrected chi connectivity index (χ4v) is 2.38. The summed E-state index contributed by atoms with van der Waals surface area (Å²) in [5, 5.41) is 9.02. The highest BCUT2D eigenvalue weighted by molar-refractivity contribution is 5.81. The van der Waals surface area contributed by atoms with Crippen molar-refractivity contribution in [2.45, 2.75) is 19.8 Å². The van der Waals surface area contributed by atoms with Crippen molar-refractivity contribution in [2.24, 2.45) is 11.8 Å². The largest absolute Gasteiger partial charge is 0.481 e. The van der Waals surface area contributed by atoms with E-state index in [1.54, 1.807) is 11.8 Å². The molecule has 1 aliphatic heterocycles. The van der Waals surface area contributed by atoms with Gasteiger partial charge in [-0.05, 0) is 12.8 Å². The second-order valence-electron chi connectivity index (χ2n) is 5.75. The van der Waals surface area contributed by atoms with E-state index >= 15 is 0 Å². The molecule has 0 aromatic carbocycles. The van der Waals surface area contributed by atoms with Crippen LogP contribution in [0, 0.1) is 11.8 Å². The van der Waals surface area contributed by atoms with Gasteiger partial charge in [-0.2, -0.15) is 0 Å². The molecular weight excluding hydrogens is 260 g/mol. The van der Waals surface area contributed by atoms with Crippen LogP contribution >= 0.6 is 0 Å². The van der Waals surface area contributed by atoms with Crippen LogP contribution in [0.1, 0.15) is 19.8 Å². The van der Waals surface area contributed by atoms with Crippen LogP contribution in [0.25, 0.3) is 0 Å². The fourth-order valence-electron chi connectivity index (χ4n) is 2.38. The number of carboxylic acids is 1. The standard InChI is InChI=1S/C14H24N2O4/c1-11(14(18)19)10-16(13(17)12-2-3-12)5-4-15-6-8-20-9-7-15/h11-12H,2-10H2,1H3,(H,18,19). The molecule has 1 unspecified atom stereocenters. The third kappa shape index (κ3) is 4.45. The minimum Gasteiger partial charge on any atom is -0.481 e. The van der Waals surface area contributed by atoms with E-state index in [4.69, 9.17) is 9.84 Å². The van der Waals surface area contributed by atoms with Crippen molar-refractivity contribution in [2.75, 3.05) is 45.9 Å². The van der Waals surface area contributed by atoms with Gasteiger partial charge in [0.25, 0.3) is 0 Å². The third-order valence-electron chi connectivity index (χ3n) is 3.94. The number of rotatable bonds is 7. The zero-order valence-electron chi connectivity index (χ0n) is 12.1. The summed E-state index contributed by atoms with van der Waals surface area (Å²) in [5.74, 6) is -1.08. The topological polar surface area (TPSA) is 70.1 Å². The number of aliphatic carboxylic acids is 1. The second-order valence-corrected chi connectivity index (χ2v) is 5.75. The molecule has 114 valence electrons. The number of nitrogens with zero attached hydrogens (tertiary/aromatic N) is 2. The van der Waals surface area contributed by atoms with E-state index in [0.29, 0.717) is 13.1 Å². The van der Waals surface area contributed by atoms with E-state index in [9.17, 15) is 9.59 Å². The molecular formula is C14H24N2O4. The van der Waals surface area contributed by atoms with Crippen LogP contribution in [-0.4, -0.2) is 72.7 Å². The zero-order chi connectivity index (χ0) is 14.5. The molecule has 1 heterocycles. The number of morpholine rings is 1. The fraction of sp³-hybridized carbons (Fsp3) is 0.857. The van der Waals surface area contributed by atoms with Crippen molar-refractivity contribution in [1.29, 1.82) is 0 Å². The Balaban J connectivity index is 1.84. The van der Waals surface area contributed by atoms with Crippen molar-refractivity contribution in [3.05, 3.63) is 0 Å². The Hall–Kier alpha value is -1.14. The van der Waals surface area contributed by atoms with Crippen LogP contribution in [0.2, 0.25) is 0 Å². The summed E-state index contributed by atoms with van der Waals surface area (Å²) in [6, 6.07) is 0. The normalized spacial score (nSPS) is 21.4.